The Kier molecular flexibility index (Phi) is 10.3. The van der Waals surface area contributed by atoms with Gasteiger partial charge in [0.2, 0.25) is 0 Å². The second-order valence-electron chi connectivity index (χ2n) is 20.3. The Hall–Kier alpha value is -9.61. The molecule has 2 aliphatic heterocycles. The first-order valence-electron chi connectivity index (χ1n) is 26.3. The van der Waals surface area contributed by atoms with E-state index < -0.39 is 5.41 Å². The van der Waals surface area contributed by atoms with E-state index in [0.717, 1.165) is 39.3 Å². The molecule has 2 heterocycles. The van der Waals surface area contributed by atoms with E-state index in [0.29, 0.717) is 0 Å². The Balaban J connectivity index is 0.829. The summed E-state index contributed by atoms with van der Waals surface area (Å²) in [6.45, 7) is 0. The largest absolute Gasteiger partial charge is 0.350 e. The lowest BCUT2D eigenvalue weighted by atomic mass is 9.64. The molecule has 0 saturated heterocycles. The summed E-state index contributed by atoms with van der Waals surface area (Å²) in [6.07, 6.45) is -0.441. The number of para-hydroxylation sites is 1. The molecule has 0 bridgehead atoms. The molecule has 358 valence electrons. The summed E-state index contributed by atoms with van der Waals surface area (Å²) in [6, 6.07) is 103. The molecule has 2 N–H and O–H groups in total. The third-order valence-electron chi connectivity index (χ3n) is 16.1. The molecule has 12 aromatic carbocycles. The van der Waals surface area contributed by atoms with Gasteiger partial charge in [0.05, 0.1) is 16.8 Å². The van der Waals surface area contributed by atoms with E-state index in [1.165, 1.54) is 88.6 Å². The van der Waals surface area contributed by atoms with Crippen molar-refractivity contribution in [2.24, 2.45) is 4.99 Å². The molecule has 12 aromatic rings. The molecule has 2 unspecified atom stereocenters. The minimum Gasteiger partial charge on any atom is -0.350 e. The van der Waals surface area contributed by atoms with E-state index in [2.05, 4.69) is 295 Å². The summed E-state index contributed by atoms with van der Waals surface area (Å²) >= 11 is 0. The van der Waals surface area contributed by atoms with Gasteiger partial charge in [-0.2, -0.15) is 0 Å². The first-order valence-corrected chi connectivity index (χ1v) is 26.3. The number of nitrogens with zero attached hydrogens (tertiary/aromatic N) is 2. The van der Waals surface area contributed by atoms with Gasteiger partial charge in [-0.05, 0) is 154 Å². The van der Waals surface area contributed by atoms with Crippen molar-refractivity contribution in [2.45, 2.75) is 17.7 Å². The van der Waals surface area contributed by atoms with Crippen LogP contribution in [0.3, 0.4) is 0 Å². The third kappa shape index (κ3) is 7.14. The quantitative estimate of drug-likeness (QED) is 0.167. The SMILES string of the molecule is c1ccc(C2=NC(c3ccc(-c4ccccc4)cc3)NC(c3cccc(-c4cccc(-c5ccc6c(c5)-c5ccccc5C65c6cc7ccccc7cc6N(c6ccccc6)c6cc7ccccc7cc65)c4)c3)N2)cc1. The summed E-state index contributed by atoms with van der Waals surface area (Å²) in [5.74, 6) is 0.865. The van der Waals surface area contributed by atoms with Gasteiger partial charge in [0.1, 0.15) is 18.2 Å². The average molecular weight is 971 g/mol. The standard InChI is InChI=1S/C72H50N4/c1-4-18-47(19-5-1)48-34-36-50(37-35-48)70-73-69(49-20-6-2-7-21-49)74-71(75-70)59-29-17-28-53(41-59)51-26-16-27-52(40-51)58-38-39-64-62(42-58)61-32-14-15-33-63(61)72(64)65-43-54-22-10-12-24-56(54)45-67(65)76(60-30-8-3-9-31-60)68-46-57-25-13-11-23-55(57)44-66(68)72/h1-46,70-71,75H,(H,73,74). The average Bonchev–Trinajstić information content (AvgIpc) is 3.80. The summed E-state index contributed by atoms with van der Waals surface area (Å²) in [7, 11) is 0. The van der Waals surface area contributed by atoms with Gasteiger partial charge in [-0.15, -0.1) is 0 Å². The van der Waals surface area contributed by atoms with Gasteiger partial charge >= 0.3 is 0 Å². The minimum atomic E-state index is -0.590. The van der Waals surface area contributed by atoms with Crippen molar-refractivity contribution >= 4 is 44.4 Å². The van der Waals surface area contributed by atoms with Crippen LogP contribution in [0.4, 0.5) is 17.1 Å². The molecule has 76 heavy (non-hydrogen) atoms. The van der Waals surface area contributed by atoms with Crippen molar-refractivity contribution in [1.29, 1.82) is 0 Å². The van der Waals surface area contributed by atoms with Crippen LogP contribution in [-0.2, 0) is 5.41 Å². The van der Waals surface area contributed by atoms with Gasteiger partial charge in [0, 0.05) is 11.3 Å². The zero-order valence-corrected chi connectivity index (χ0v) is 41.6. The Morgan fingerprint density at radius 1 is 0.329 bits per heavy atom. The molecule has 1 aliphatic carbocycles. The van der Waals surface area contributed by atoms with Crippen LogP contribution in [-0.4, -0.2) is 5.84 Å². The fraction of sp³-hybridized carbons (Fsp3) is 0.0417. The van der Waals surface area contributed by atoms with E-state index in [9.17, 15) is 0 Å². The summed E-state index contributed by atoms with van der Waals surface area (Å²) < 4.78 is 0. The number of hydrogen-bond acceptors (Lipinski definition) is 4. The van der Waals surface area contributed by atoms with Crippen LogP contribution in [0.1, 0.15) is 51.3 Å². The fourth-order valence-corrected chi connectivity index (χ4v) is 12.5. The van der Waals surface area contributed by atoms with E-state index >= 15 is 0 Å². The highest BCUT2D eigenvalue weighted by Gasteiger charge is 2.52. The molecule has 15 rings (SSSR count). The zero-order valence-electron chi connectivity index (χ0n) is 41.6. The van der Waals surface area contributed by atoms with E-state index in [1.807, 2.05) is 0 Å². The Labute approximate surface area is 443 Å². The normalized spacial score (nSPS) is 15.8. The number of hydrogen-bond donors (Lipinski definition) is 2. The highest BCUT2D eigenvalue weighted by Crippen LogP contribution is 2.64. The maximum Gasteiger partial charge on any atom is 0.131 e. The maximum absolute atomic E-state index is 5.25. The molecule has 0 amide bonds. The molecular weight excluding hydrogens is 921 g/mol. The van der Waals surface area contributed by atoms with E-state index in [4.69, 9.17) is 4.99 Å². The van der Waals surface area contributed by atoms with Crippen molar-refractivity contribution in [3.8, 4) is 44.5 Å². The van der Waals surface area contributed by atoms with Crippen molar-refractivity contribution in [1.82, 2.24) is 10.6 Å². The van der Waals surface area contributed by atoms with Crippen LogP contribution in [0.2, 0.25) is 0 Å². The minimum absolute atomic E-state index is 0.190. The Bertz CT molecular complexity index is 4150. The molecule has 4 nitrogen and oxygen atoms in total. The van der Waals surface area contributed by atoms with Crippen LogP contribution >= 0.6 is 0 Å². The predicted octanol–water partition coefficient (Wildman–Crippen LogP) is 17.5. The van der Waals surface area contributed by atoms with Crippen LogP contribution in [0.15, 0.2) is 284 Å². The predicted molar refractivity (Wildman–Crippen MR) is 314 cm³/mol. The lowest BCUT2D eigenvalue weighted by Crippen LogP contribution is -2.44. The number of fused-ring (bicyclic) bond motifs is 11. The highest BCUT2D eigenvalue weighted by molar-refractivity contribution is 6.04. The van der Waals surface area contributed by atoms with Gasteiger partial charge in [-0.25, -0.2) is 4.99 Å². The van der Waals surface area contributed by atoms with Crippen molar-refractivity contribution in [3.63, 3.8) is 0 Å². The van der Waals surface area contributed by atoms with Crippen LogP contribution in [0, 0.1) is 0 Å². The van der Waals surface area contributed by atoms with Gasteiger partial charge in [0.25, 0.3) is 0 Å². The van der Waals surface area contributed by atoms with Crippen LogP contribution < -0.4 is 15.5 Å². The van der Waals surface area contributed by atoms with Gasteiger partial charge in [-0.1, -0.05) is 224 Å². The summed E-state index contributed by atoms with van der Waals surface area (Å²) in [5.41, 5.74) is 21.0. The second kappa shape index (κ2) is 17.8. The van der Waals surface area contributed by atoms with Gasteiger partial charge in [0.15, 0.2) is 0 Å². The lowest BCUT2D eigenvalue weighted by Gasteiger charge is -2.45. The molecule has 2 atom stereocenters. The summed E-state index contributed by atoms with van der Waals surface area (Å²) in [5, 5.41) is 12.5. The van der Waals surface area contributed by atoms with Gasteiger partial charge in [-0.3, -0.25) is 5.32 Å². The van der Waals surface area contributed by atoms with Crippen molar-refractivity contribution < 1.29 is 0 Å². The Morgan fingerprint density at radius 3 is 1.47 bits per heavy atom. The zero-order chi connectivity index (χ0) is 50.2. The monoisotopic (exact) mass is 970 g/mol. The van der Waals surface area contributed by atoms with Crippen molar-refractivity contribution in [2.75, 3.05) is 4.90 Å². The number of nitrogens with one attached hydrogen (secondary N) is 2. The molecule has 0 fully saturated rings. The lowest BCUT2D eigenvalue weighted by molar-refractivity contribution is 0.409. The molecular formula is C72H50N4. The number of aliphatic imine (C=N–C) groups is 1. The molecule has 0 aromatic heterocycles. The van der Waals surface area contributed by atoms with E-state index in [-0.39, 0.29) is 12.3 Å². The third-order valence-corrected chi connectivity index (χ3v) is 16.1. The maximum atomic E-state index is 5.25. The summed E-state index contributed by atoms with van der Waals surface area (Å²) in [4.78, 5) is 7.75. The van der Waals surface area contributed by atoms with Crippen LogP contribution in [0.5, 0.6) is 0 Å². The fourth-order valence-electron chi connectivity index (χ4n) is 12.5. The number of benzene rings is 12. The molecule has 0 radical (unpaired) electrons. The van der Waals surface area contributed by atoms with Gasteiger partial charge < -0.3 is 10.2 Å². The molecule has 3 aliphatic rings. The smallest absolute Gasteiger partial charge is 0.131 e. The molecule has 4 heteroatoms. The second-order valence-corrected chi connectivity index (χ2v) is 20.3. The van der Waals surface area contributed by atoms with Crippen molar-refractivity contribution in [3.05, 3.63) is 318 Å². The first-order chi connectivity index (χ1) is 37.6. The topological polar surface area (TPSA) is 39.7 Å². The Morgan fingerprint density at radius 2 is 0.816 bits per heavy atom. The number of amidine groups is 1. The van der Waals surface area contributed by atoms with Crippen LogP contribution in [0.25, 0.3) is 66.1 Å². The first kappa shape index (κ1) is 43.9. The molecule has 1 spiro atoms. The highest BCUT2D eigenvalue weighted by atomic mass is 15.3. The number of anilines is 3. The van der Waals surface area contributed by atoms with E-state index in [1.54, 1.807) is 0 Å². The molecule has 0 saturated carbocycles. The number of rotatable bonds is 7.